The van der Waals surface area contributed by atoms with Crippen molar-refractivity contribution in [3.05, 3.63) is 12.0 Å². The van der Waals surface area contributed by atoms with E-state index in [4.69, 9.17) is 15.7 Å². The van der Waals surface area contributed by atoms with Crippen LogP contribution in [-0.4, -0.2) is 15.7 Å². The van der Waals surface area contributed by atoms with Crippen LogP contribution in [0.2, 0.25) is 0 Å². The normalized spacial score (nSPS) is 9.00. The van der Waals surface area contributed by atoms with Crippen molar-refractivity contribution in [3.8, 4) is 0 Å². The van der Waals surface area contributed by atoms with Crippen LogP contribution in [0.3, 0.4) is 0 Å². The second-order valence-electron chi connectivity index (χ2n) is 0.385. The molecule has 0 atom stereocenters. The van der Waals surface area contributed by atoms with Gasteiger partial charge < -0.3 is 0 Å². The fourth-order valence-electron chi connectivity index (χ4n) is 0. The summed E-state index contributed by atoms with van der Waals surface area (Å²) in [6.45, 7) is 0. The van der Waals surface area contributed by atoms with E-state index in [-0.39, 0.29) is 0 Å². The average Bonchev–Trinajstić information content (AvgIpc) is 1.37. The van der Waals surface area contributed by atoms with Crippen molar-refractivity contribution < 1.29 is 0 Å². The summed E-state index contributed by atoms with van der Waals surface area (Å²) in [6.07, 6.45) is 0. The average molecular weight is 47.7 g/mol. The highest BCUT2D eigenvalue weighted by molar-refractivity contribution is 6.25. The largest absolute Gasteiger partial charge is 0.145 e. The molecule has 0 N–H and O–H groups in total. The fourth-order valence-corrected chi connectivity index (χ4v) is 0. The van der Waals surface area contributed by atoms with Crippen molar-refractivity contribution in [2.45, 2.75) is 0 Å². The molecule has 0 aliphatic rings. The summed E-state index contributed by atoms with van der Waals surface area (Å²) in [5, 5.41) is 0. The summed E-state index contributed by atoms with van der Waals surface area (Å²) >= 11 is 0. The molecule has 0 aliphatic carbocycles. The van der Waals surface area contributed by atoms with Gasteiger partial charge in [0.2, 0.25) is 0 Å². The minimum Gasteiger partial charge on any atom is -0.145 e. The molecule has 4 heavy (non-hydrogen) atoms. The van der Waals surface area contributed by atoms with Crippen molar-refractivity contribution in [1.29, 1.82) is 0 Å². The standard InChI is InChI=1S/C2H2B2/c3-1-2-4/h1-2H/b2-1+. The monoisotopic (exact) mass is 48.0 g/mol. The first kappa shape index (κ1) is 3.87. The van der Waals surface area contributed by atoms with Gasteiger partial charge in [0.15, 0.2) is 0 Å². The van der Waals surface area contributed by atoms with Gasteiger partial charge in [0.25, 0.3) is 0 Å². The Hall–Kier alpha value is -0.130. The third kappa shape index (κ3) is 1.87. The predicted octanol–water partition coefficient (Wildman–Crippen LogP) is -0.205. The third-order valence-corrected chi connectivity index (χ3v) is 0.111. The molecule has 0 aromatic carbocycles. The van der Waals surface area contributed by atoms with Crippen LogP contribution in [-0.2, 0) is 0 Å². The zero-order valence-electron chi connectivity index (χ0n) is 2.31. The van der Waals surface area contributed by atoms with Crippen LogP contribution >= 0.6 is 0 Å². The van der Waals surface area contributed by atoms with Crippen LogP contribution in [0.4, 0.5) is 0 Å². The van der Waals surface area contributed by atoms with E-state index in [0.717, 1.165) is 0 Å². The van der Waals surface area contributed by atoms with Crippen LogP contribution < -0.4 is 0 Å². The number of hydrogen-bond acceptors (Lipinski definition) is 0. The SMILES string of the molecule is [B]/C=C/[B]. The van der Waals surface area contributed by atoms with Crippen LogP contribution in [0.1, 0.15) is 0 Å². The van der Waals surface area contributed by atoms with Crippen LogP contribution in [0.15, 0.2) is 12.0 Å². The van der Waals surface area contributed by atoms with Gasteiger partial charge in [0.1, 0.15) is 15.7 Å². The molecule has 0 aliphatic heterocycles. The molecule has 0 spiro atoms. The highest BCUT2D eigenvalue weighted by Gasteiger charge is 1.36. The third-order valence-electron chi connectivity index (χ3n) is 0.111. The zero-order valence-corrected chi connectivity index (χ0v) is 2.31. The van der Waals surface area contributed by atoms with Crippen molar-refractivity contribution in [2.75, 3.05) is 0 Å². The van der Waals surface area contributed by atoms with Gasteiger partial charge in [-0.05, 0) is 0 Å². The lowest BCUT2D eigenvalue weighted by Crippen LogP contribution is -1.47. The Labute approximate surface area is 28.7 Å². The first-order valence-corrected chi connectivity index (χ1v) is 1.00. The molecule has 4 radical (unpaired) electrons. The summed E-state index contributed by atoms with van der Waals surface area (Å²) in [6, 6.07) is 0. The summed E-state index contributed by atoms with van der Waals surface area (Å²) < 4.78 is 0. The van der Waals surface area contributed by atoms with Crippen LogP contribution in [0, 0.1) is 0 Å². The van der Waals surface area contributed by atoms with E-state index in [0.29, 0.717) is 0 Å². The summed E-state index contributed by atoms with van der Waals surface area (Å²) in [7, 11) is 9.44. The van der Waals surface area contributed by atoms with Gasteiger partial charge in [-0.1, -0.05) is 0 Å². The first-order chi connectivity index (χ1) is 1.91. The van der Waals surface area contributed by atoms with E-state index >= 15 is 0 Å². The first-order valence-electron chi connectivity index (χ1n) is 1.00. The highest BCUT2D eigenvalue weighted by atomic mass is 13.1. The summed E-state index contributed by atoms with van der Waals surface area (Å²) in [5.74, 6) is 2.56. The van der Waals surface area contributed by atoms with Crippen molar-refractivity contribution in [3.63, 3.8) is 0 Å². The molecule has 0 rings (SSSR count). The van der Waals surface area contributed by atoms with E-state index in [1.54, 1.807) is 0 Å². The zero-order chi connectivity index (χ0) is 3.41. The molecule has 0 unspecified atom stereocenters. The lowest BCUT2D eigenvalue weighted by atomic mass is 10.0. The van der Waals surface area contributed by atoms with Crippen molar-refractivity contribution in [1.82, 2.24) is 0 Å². The van der Waals surface area contributed by atoms with E-state index in [1.165, 1.54) is 12.0 Å². The Bertz CT molecular complexity index is 19.2. The Morgan fingerprint density at radius 2 is 1.25 bits per heavy atom. The highest BCUT2D eigenvalue weighted by Crippen LogP contribution is 1.42. The van der Waals surface area contributed by atoms with Gasteiger partial charge in [-0.2, -0.15) is 0 Å². The molecule has 0 fully saturated rings. The van der Waals surface area contributed by atoms with E-state index in [9.17, 15) is 0 Å². The number of rotatable bonds is 0. The van der Waals surface area contributed by atoms with E-state index < -0.39 is 0 Å². The Morgan fingerprint density at radius 1 is 1.00 bits per heavy atom. The predicted molar refractivity (Wildman–Crippen MR) is 20.6 cm³/mol. The maximum atomic E-state index is 4.72. The Balaban J connectivity index is 2.55. The van der Waals surface area contributed by atoms with Gasteiger partial charge in [-0.25, -0.2) is 0 Å². The van der Waals surface area contributed by atoms with Gasteiger partial charge in [-0.15, -0.1) is 12.0 Å². The summed E-state index contributed by atoms with van der Waals surface area (Å²) in [4.78, 5) is 0. The second-order valence-corrected chi connectivity index (χ2v) is 0.385. The molecule has 16 valence electrons. The maximum Gasteiger partial charge on any atom is 0.101 e. The summed E-state index contributed by atoms with van der Waals surface area (Å²) in [5.41, 5.74) is 0. The fraction of sp³-hybridized carbons (Fsp3) is 0. The van der Waals surface area contributed by atoms with Gasteiger partial charge in [-0.3, -0.25) is 0 Å². The molecular formula is C2H2B2. The number of hydrogen-bond donors (Lipinski definition) is 0. The molecule has 0 nitrogen and oxygen atoms in total. The minimum absolute atomic E-state index is 1.28. The smallest absolute Gasteiger partial charge is 0.101 e. The van der Waals surface area contributed by atoms with Crippen LogP contribution in [0.25, 0.3) is 0 Å². The molecule has 0 aromatic heterocycles. The molecular weight excluding hydrogens is 45.6 g/mol. The lowest BCUT2D eigenvalue weighted by molar-refractivity contribution is 2.50. The van der Waals surface area contributed by atoms with Crippen molar-refractivity contribution >= 4 is 15.7 Å². The molecule has 0 heterocycles. The quantitative estimate of drug-likeness (QED) is 0.332. The Kier molecular flexibility index (Phi) is 2.78. The van der Waals surface area contributed by atoms with Gasteiger partial charge in [0, 0.05) is 0 Å². The molecule has 0 aromatic rings. The van der Waals surface area contributed by atoms with Crippen LogP contribution in [0.5, 0.6) is 0 Å². The molecule has 0 bridgehead atoms. The van der Waals surface area contributed by atoms with E-state index in [2.05, 4.69) is 0 Å². The Morgan fingerprint density at radius 3 is 1.25 bits per heavy atom. The minimum atomic E-state index is 1.28. The second kappa shape index (κ2) is 2.87. The van der Waals surface area contributed by atoms with E-state index in [1.807, 2.05) is 0 Å². The maximum absolute atomic E-state index is 4.72. The topological polar surface area (TPSA) is 0 Å². The van der Waals surface area contributed by atoms with Gasteiger partial charge >= 0.3 is 0 Å². The van der Waals surface area contributed by atoms with Gasteiger partial charge in [0.05, 0.1) is 0 Å². The molecule has 0 saturated heterocycles. The molecule has 0 amide bonds. The van der Waals surface area contributed by atoms with Crippen molar-refractivity contribution in [2.24, 2.45) is 0 Å². The lowest BCUT2D eigenvalue weighted by Gasteiger charge is -1.48. The molecule has 0 saturated carbocycles. The molecule has 2 heteroatoms.